The van der Waals surface area contributed by atoms with Crippen molar-refractivity contribution in [2.24, 2.45) is 17.8 Å². The summed E-state index contributed by atoms with van der Waals surface area (Å²) in [5.41, 5.74) is 0. The van der Waals surface area contributed by atoms with Crippen LogP contribution in [0.1, 0.15) is 41.5 Å². The zero-order valence-electron chi connectivity index (χ0n) is 10.3. The third-order valence-electron chi connectivity index (χ3n) is 3.16. The molecule has 0 spiro atoms. The first kappa shape index (κ1) is 12.0. The highest BCUT2D eigenvalue weighted by Crippen LogP contribution is 2.39. The molecule has 1 fully saturated rings. The zero-order valence-corrected chi connectivity index (χ0v) is 10.3. The van der Waals surface area contributed by atoms with Gasteiger partial charge in [-0.15, -0.1) is 0 Å². The summed E-state index contributed by atoms with van der Waals surface area (Å²) in [5.74, 6) is 1.00. The highest BCUT2D eigenvalue weighted by molar-refractivity contribution is 4.85. The molecule has 1 aliphatic heterocycles. The summed E-state index contributed by atoms with van der Waals surface area (Å²) in [6, 6.07) is 0. The fourth-order valence-corrected chi connectivity index (χ4v) is 2.12. The Morgan fingerprint density at radius 3 is 1.71 bits per heavy atom. The van der Waals surface area contributed by atoms with Crippen molar-refractivity contribution in [2.75, 3.05) is 6.61 Å². The van der Waals surface area contributed by atoms with Gasteiger partial charge in [-0.25, -0.2) is 0 Å². The van der Waals surface area contributed by atoms with Gasteiger partial charge in [-0.3, -0.25) is 0 Å². The van der Waals surface area contributed by atoms with Crippen LogP contribution in [0.5, 0.6) is 0 Å². The smallest absolute Gasteiger partial charge is 0.173 e. The third-order valence-corrected chi connectivity index (χ3v) is 3.16. The summed E-state index contributed by atoms with van der Waals surface area (Å²) < 4.78 is 12.0. The molecule has 0 bridgehead atoms. The van der Waals surface area contributed by atoms with Gasteiger partial charge in [0.15, 0.2) is 5.79 Å². The van der Waals surface area contributed by atoms with Crippen LogP contribution in [-0.4, -0.2) is 18.5 Å². The normalized spacial score (nSPS) is 26.8. The highest BCUT2D eigenvalue weighted by atomic mass is 16.7. The number of hydrogen-bond acceptors (Lipinski definition) is 2. The van der Waals surface area contributed by atoms with Crippen molar-refractivity contribution < 1.29 is 9.47 Å². The lowest BCUT2D eigenvalue weighted by Gasteiger charge is -2.36. The van der Waals surface area contributed by atoms with E-state index in [1.54, 1.807) is 0 Å². The van der Waals surface area contributed by atoms with Gasteiger partial charge in [0.05, 0.1) is 12.7 Å². The maximum Gasteiger partial charge on any atom is 0.173 e. The second-order valence-corrected chi connectivity index (χ2v) is 5.24. The van der Waals surface area contributed by atoms with Crippen LogP contribution in [0.3, 0.4) is 0 Å². The molecule has 0 saturated carbocycles. The molecule has 2 nitrogen and oxygen atoms in total. The van der Waals surface area contributed by atoms with E-state index in [-0.39, 0.29) is 11.9 Å². The molecular formula is C12H24O2. The van der Waals surface area contributed by atoms with Crippen molar-refractivity contribution in [1.29, 1.82) is 0 Å². The van der Waals surface area contributed by atoms with E-state index in [0.29, 0.717) is 17.8 Å². The quantitative estimate of drug-likeness (QED) is 0.697. The van der Waals surface area contributed by atoms with E-state index in [1.807, 2.05) is 0 Å². The molecule has 14 heavy (non-hydrogen) atoms. The lowest BCUT2D eigenvalue weighted by atomic mass is 9.91. The predicted octanol–water partition coefficient (Wildman–Crippen LogP) is 3.07. The van der Waals surface area contributed by atoms with Gasteiger partial charge in [0.25, 0.3) is 0 Å². The Balaban J connectivity index is 2.75. The van der Waals surface area contributed by atoms with Crippen LogP contribution in [0, 0.1) is 17.8 Å². The highest BCUT2D eigenvalue weighted by Gasteiger charge is 2.47. The van der Waals surface area contributed by atoms with E-state index in [1.165, 1.54) is 0 Å². The van der Waals surface area contributed by atoms with Gasteiger partial charge < -0.3 is 9.47 Å². The fraction of sp³-hybridized carbons (Fsp3) is 1.00. The molecule has 1 heterocycles. The molecule has 0 radical (unpaired) electrons. The molecule has 0 N–H and O–H groups in total. The van der Waals surface area contributed by atoms with E-state index < -0.39 is 0 Å². The van der Waals surface area contributed by atoms with Gasteiger partial charge in [0.1, 0.15) is 0 Å². The summed E-state index contributed by atoms with van der Waals surface area (Å²) in [7, 11) is 0. The maximum atomic E-state index is 6.11. The number of ether oxygens (including phenoxy) is 2. The Hall–Kier alpha value is -0.0800. The minimum atomic E-state index is -0.352. The minimum Gasteiger partial charge on any atom is -0.347 e. The second kappa shape index (κ2) is 4.19. The summed E-state index contributed by atoms with van der Waals surface area (Å²) >= 11 is 0. The Labute approximate surface area is 88.0 Å². The molecule has 1 saturated heterocycles. The number of rotatable bonds is 3. The first-order valence-corrected chi connectivity index (χ1v) is 5.72. The van der Waals surface area contributed by atoms with E-state index in [2.05, 4.69) is 41.5 Å². The third kappa shape index (κ3) is 1.96. The number of hydrogen-bond donors (Lipinski definition) is 0. The van der Waals surface area contributed by atoms with Crippen LogP contribution < -0.4 is 0 Å². The molecular weight excluding hydrogens is 176 g/mol. The molecule has 0 aliphatic carbocycles. The summed E-state index contributed by atoms with van der Waals surface area (Å²) in [5, 5.41) is 0. The predicted molar refractivity (Wildman–Crippen MR) is 58.1 cm³/mol. The molecule has 1 rings (SSSR count). The molecule has 1 atom stereocenters. The first-order chi connectivity index (χ1) is 6.40. The second-order valence-electron chi connectivity index (χ2n) is 5.24. The van der Waals surface area contributed by atoms with Crippen molar-refractivity contribution >= 4 is 0 Å². The van der Waals surface area contributed by atoms with E-state index in [9.17, 15) is 0 Å². The van der Waals surface area contributed by atoms with Crippen molar-refractivity contribution in [2.45, 2.75) is 53.4 Å². The molecule has 2 heteroatoms. The summed E-state index contributed by atoms with van der Waals surface area (Å²) in [6.45, 7) is 13.8. The molecule has 0 aromatic carbocycles. The van der Waals surface area contributed by atoms with Crippen molar-refractivity contribution in [3.05, 3.63) is 0 Å². The van der Waals surface area contributed by atoms with Gasteiger partial charge in [-0.05, 0) is 5.92 Å². The molecule has 1 unspecified atom stereocenters. The van der Waals surface area contributed by atoms with Crippen molar-refractivity contribution in [3.63, 3.8) is 0 Å². The van der Waals surface area contributed by atoms with Gasteiger partial charge in [-0.1, -0.05) is 41.5 Å². The largest absolute Gasteiger partial charge is 0.347 e. The van der Waals surface area contributed by atoms with Gasteiger partial charge in [-0.2, -0.15) is 0 Å². The molecule has 84 valence electrons. The van der Waals surface area contributed by atoms with Gasteiger partial charge in [0, 0.05) is 11.8 Å². The SMILES string of the molecule is CC(C)C1COC(C(C)C)(C(C)C)O1. The maximum absolute atomic E-state index is 6.11. The fourth-order valence-electron chi connectivity index (χ4n) is 2.12. The zero-order chi connectivity index (χ0) is 10.9. The average molecular weight is 200 g/mol. The van der Waals surface area contributed by atoms with E-state index in [0.717, 1.165) is 6.61 Å². The minimum absolute atomic E-state index is 0.264. The van der Waals surface area contributed by atoms with E-state index >= 15 is 0 Å². The lowest BCUT2D eigenvalue weighted by molar-refractivity contribution is -0.228. The molecule has 0 amide bonds. The Morgan fingerprint density at radius 1 is 1.00 bits per heavy atom. The van der Waals surface area contributed by atoms with Crippen molar-refractivity contribution in [1.82, 2.24) is 0 Å². The standard InChI is InChI=1S/C12H24O2/c1-8(2)11-7-13-12(14-11,9(3)4)10(5)6/h8-11H,7H2,1-6H3. The van der Waals surface area contributed by atoms with E-state index in [4.69, 9.17) is 9.47 Å². The van der Waals surface area contributed by atoms with Crippen LogP contribution in [0.2, 0.25) is 0 Å². The topological polar surface area (TPSA) is 18.5 Å². The summed E-state index contributed by atoms with van der Waals surface area (Å²) in [4.78, 5) is 0. The van der Waals surface area contributed by atoms with Crippen LogP contribution in [0.15, 0.2) is 0 Å². The average Bonchev–Trinajstić information content (AvgIpc) is 2.48. The van der Waals surface area contributed by atoms with Crippen LogP contribution in [-0.2, 0) is 9.47 Å². The van der Waals surface area contributed by atoms with Gasteiger partial charge >= 0.3 is 0 Å². The Bertz CT molecular complexity index is 177. The Kier molecular flexibility index (Phi) is 3.59. The van der Waals surface area contributed by atoms with Crippen LogP contribution >= 0.6 is 0 Å². The monoisotopic (exact) mass is 200 g/mol. The Morgan fingerprint density at radius 2 is 1.50 bits per heavy atom. The first-order valence-electron chi connectivity index (χ1n) is 5.72. The summed E-state index contributed by atoms with van der Waals surface area (Å²) in [6.07, 6.45) is 0.264. The van der Waals surface area contributed by atoms with Crippen molar-refractivity contribution in [3.8, 4) is 0 Å². The molecule has 0 aromatic heterocycles. The lowest BCUT2D eigenvalue weighted by Crippen LogP contribution is -2.42. The molecule has 1 aliphatic rings. The van der Waals surface area contributed by atoms with Crippen LogP contribution in [0.4, 0.5) is 0 Å². The molecule has 0 aromatic rings. The van der Waals surface area contributed by atoms with Crippen LogP contribution in [0.25, 0.3) is 0 Å². The van der Waals surface area contributed by atoms with Gasteiger partial charge in [0.2, 0.25) is 0 Å².